The second-order valence-electron chi connectivity index (χ2n) is 7.83. The van der Waals surface area contributed by atoms with Crippen LogP contribution in [-0.4, -0.2) is 28.8 Å². The van der Waals surface area contributed by atoms with E-state index in [9.17, 15) is 9.59 Å². The molecule has 2 amide bonds. The number of carbonyl (C=O) groups excluding carboxylic acids is 2. The first kappa shape index (κ1) is 21.4. The Bertz CT molecular complexity index is 801. The molecule has 0 aromatic heterocycles. The normalized spacial score (nSPS) is 15.5. The molecule has 0 aliphatic heterocycles. The minimum absolute atomic E-state index is 0.0672. The molecule has 1 aliphatic carbocycles. The Balaban J connectivity index is 1.72. The molecule has 0 saturated heterocycles. The molecule has 1 saturated carbocycles. The summed E-state index contributed by atoms with van der Waals surface area (Å²) in [7, 11) is 0. The van der Waals surface area contributed by atoms with Crippen molar-refractivity contribution in [2.45, 2.75) is 64.1 Å². The van der Waals surface area contributed by atoms with Gasteiger partial charge in [-0.15, -0.1) is 0 Å². The Morgan fingerprint density at radius 3 is 2.31 bits per heavy atom. The molecule has 2 aromatic carbocycles. The Morgan fingerprint density at radius 1 is 1.00 bits per heavy atom. The van der Waals surface area contributed by atoms with Crippen LogP contribution in [0.25, 0.3) is 0 Å². The van der Waals surface area contributed by atoms with Gasteiger partial charge in [0.1, 0.15) is 6.04 Å². The zero-order chi connectivity index (χ0) is 20.6. The second kappa shape index (κ2) is 10.4. The topological polar surface area (TPSA) is 49.4 Å². The van der Waals surface area contributed by atoms with E-state index in [0.29, 0.717) is 11.6 Å². The molecule has 29 heavy (non-hydrogen) atoms. The summed E-state index contributed by atoms with van der Waals surface area (Å²) in [5.74, 6) is -0.139. The van der Waals surface area contributed by atoms with E-state index in [-0.39, 0.29) is 24.3 Å². The monoisotopic (exact) mass is 412 g/mol. The van der Waals surface area contributed by atoms with Gasteiger partial charge in [-0.1, -0.05) is 73.3 Å². The van der Waals surface area contributed by atoms with E-state index < -0.39 is 6.04 Å². The number of carbonyl (C=O) groups is 2. The van der Waals surface area contributed by atoms with Gasteiger partial charge in [-0.3, -0.25) is 9.59 Å². The molecule has 1 fully saturated rings. The van der Waals surface area contributed by atoms with Crippen molar-refractivity contribution in [3.05, 3.63) is 70.7 Å². The van der Waals surface area contributed by atoms with Crippen molar-refractivity contribution in [3.8, 4) is 0 Å². The van der Waals surface area contributed by atoms with Crippen molar-refractivity contribution in [3.63, 3.8) is 0 Å². The van der Waals surface area contributed by atoms with Crippen LogP contribution in [0.3, 0.4) is 0 Å². The summed E-state index contributed by atoms with van der Waals surface area (Å²) < 4.78 is 0. The van der Waals surface area contributed by atoms with E-state index in [2.05, 4.69) is 5.32 Å². The third-order valence-corrected chi connectivity index (χ3v) is 5.84. The lowest BCUT2D eigenvalue weighted by molar-refractivity contribution is -0.140. The van der Waals surface area contributed by atoms with Gasteiger partial charge in [0.05, 0.1) is 6.42 Å². The highest BCUT2D eigenvalue weighted by Crippen LogP contribution is 2.19. The van der Waals surface area contributed by atoms with Gasteiger partial charge in [0, 0.05) is 17.6 Å². The summed E-state index contributed by atoms with van der Waals surface area (Å²) in [6.07, 6.45) is 5.84. The number of benzene rings is 2. The molecule has 2 aromatic rings. The number of hydrogen-bond donors (Lipinski definition) is 1. The summed E-state index contributed by atoms with van der Waals surface area (Å²) >= 11 is 5.95. The zero-order valence-corrected chi connectivity index (χ0v) is 17.7. The van der Waals surface area contributed by atoms with Gasteiger partial charge in [0.25, 0.3) is 0 Å². The van der Waals surface area contributed by atoms with Crippen LogP contribution in [0, 0.1) is 0 Å². The fourth-order valence-electron chi connectivity index (χ4n) is 3.81. The number of rotatable bonds is 7. The molecular formula is C24H29ClN2O2. The van der Waals surface area contributed by atoms with E-state index in [0.717, 1.165) is 36.8 Å². The predicted molar refractivity (Wildman–Crippen MR) is 117 cm³/mol. The summed E-state index contributed by atoms with van der Waals surface area (Å²) in [4.78, 5) is 27.8. The highest BCUT2D eigenvalue weighted by atomic mass is 35.5. The largest absolute Gasteiger partial charge is 0.352 e. The molecule has 5 heteroatoms. The molecule has 1 atom stereocenters. The SMILES string of the molecule is C[C@@H](C(=O)NC1CCCCC1)N(Cc1ccccc1)C(=O)Cc1ccc(Cl)cc1. The van der Waals surface area contributed by atoms with Crippen LogP contribution in [-0.2, 0) is 22.6 Å². The van der Waals surface area contributed by atoms with Gasteiger partial charge in [0.2, 0.25) is 11.8 Å². The Hall–Kier alpha value is -2.33. The van der Waals surface area contributed by atoms with Gasteiger partial charge in [-0.2, -0.15) is 0 Å². The van der Waals surface area contributed by atoms with Crippen LogP contribution in [0.4, 0.5) is 0 Å². The summed E-state index contributed by atoms with van der Waals surface area (Å²) in [6, 6.07) is 16.8. The molecule has 0 unspecified atom stereocenters. The third-order valence-electron chi connectivity index (χ3n) is 5.58. The average molecular weight is 413 g/mol. The maximum atomic E-state index is 13.2. The molecule has 1 aliphatic rings. The van der Waals surface area contributed by atoms with Crippen LogP contribution in [0.1, 0.15) is 50.2 Å². The number of nitrogens with one attached hydrogen (secondary N) is 1. The maximum absolute atomic E-state index is 13.2. The van der Waals surface area contributed by atoms with E-state index in [1.165, 1.54) is 6.42 Å². The van der Waals surface area contributed by atoms with Crippen LogP contribution < -0.4 is 5.32 Å². The molecule has 0 radical (unpaired) electrons. The van der Waals surface area contributed by atoms with Gasteiger partial charge in [-0.25, -0.2) is 0 Å². The second-order valence-corrected chi connectivity index (χ2v) is 8.27. The van der Waals surface area contributed by atoms with E-state index in [4.69, 9.17) is 11.6 Å². The van der Waals surface area contributed by atoms with Crippen LogP contribution >= 0.6 is 11.6 Å². The first-order valence-corrected chi connectivity index (χ1v) is 10.8. The van der Waals surface area contributed by atoms with Gasteiger partial charge in [0.15, 0.2) is 0 Å². The zero-order valence-electron chi connectivity index (χ0n) is 16.9. The highest BCUT2D eigenvalue weighted by molar-refractivity contribution is 6.30. The first-order chi connectivity index (χ1) is 14.0. The predicted octanol–water partition coefficient (Wildman–Crippen LogP) is 4.75. The van der Waals surface area contributed by atoms with Crippen molar-refractivity contribution in [2.24, 2.45) is 0 Å². The van der Waals surface area contributed by atoms with E-state index in [1.54, 1.807) is 17.0 Å². The first-order valence-electron chi connectivity index (χ1n) is 10.4. The number of halogens is 1. The van der Waals surface area contributed by atoms with Crippen molar-refractivity contribution in [2.75, 3.05) is 0 Å². The van der Waals surface area contributed by atoms with Crippen LogP contribution in [0.5, 0.6) is 0 Å². The van der Waals surface area contributed by atoms with Gasteiger partial charge >= 0.3 is 0 Å². The number of hydrogen-bond acceptors (Lipinski definition) is 2. The standard InChI is InChI=1S/C24H29ClN2O2/c1-18(24(29)26-22-10-6-3-7-11-22)27(17-20-8-4-2-5-9-20)23(28)16-19-12-14-21(25)15-13-19/h2,4-5,8-9,12-15,18,22H,3,6-7,10-11,16-17H2,1H3,(H,26,29)/t18-/m0/s1. The molecule has 154 valence electrons. The quantitative estimate of drug-likeness (QED) is 0.713. The van der Waals surface area contributed by atoms with Crippen molar-refractivity contribution >= 4 is 23.4 Å². The molecule has 0 bridgehead atoms. The lowest BCUT2D eigenvalue weighted by Crippen LogP contribution is -2.50. The fraction of sp³-hybridized carbons (Fsp3) is 0.417. The Kier molecular flexibility index (Phi) is 7.70. The van der Waals surface area contributed by atoms with E-state index in [1.807, 2.05) is 49.4 Å². The number of amides is 2. The lowest BCUT2D eigenvalue weighted by Gasteiger charge is -2.31. The van der Waals surface area contributed by atoms with Crippen LogP contribution in [0.2, 0.25) is 5.02 Å². The minimum Gasteiger partial charge on any atom is -0.352 e. The molecule has 4 nitrogen and oxygen atoms in total. The molecule has 1 N–H and O–H groups in total. The number of nitrogens with zero attached hydrogens (tertiary/aromatic N) is 1. The minimum atomic E-state index is -0.531. The molecule has 0 spiro atoms. The van der Waals surface area contributed by atoms with Crippen molar-refractivity contribution < 1.29 is 9.59 Å². The molecule has 0 heterocycles. The van der Waals surface area contributed by atoms with Gasteiger partial charge in [-0.05, 0) is 43.0 Å². The molecule has 3 rings (SSSR count). The summed E-state index contributed by atoms with van der Waals surface area (Å²) in [5, 5.41) is 3.80. The average Bonchev–Trinajstić information content (AvgIpc) is 2.74. The molecular weight excluding hydrogens is 384 g/mol. The third kappa shape index (κ3) is 6.33. The highest BCUT2D eigenvalue weighted by Gasteiger charge is 2.28. The Labute approximate surface area is 178 Å². The summed E-state index contributed by atoms with van der Waals surface area (Å²) in [6.45, 7) is 2.23. The maximum Gasteiger partial charge on any atom is 0.242 e. The van der Waals surface area contributed by atoms with Crippen LogP contribution in [0.15, 0.2) is 54.6 Å². The Morgan fingerprint density at radius 2 is 1.66 bits per heavy atom. The van der Waals surface area contributed by atoms with Gasteiger partial charge < -0.3 is 10.2 Å². The van der Waals surface area contributed by atoms with E-state index >= 15 is 0 Å². The van der Waals surface area contributed by atoms with Crippen molar-refractivity contribution in [1.29, 1.82) is 0 Å². The smallest absolute Gasteiger partial charge is 0.242 e. The van der Waals surface area contributed by atoms with Crippen molar-refractivity contribution in [1.82, 2.24) is 10.2 Å². The summed E-state index contributed by atoms with van der Waals surface area (Å²) in [5.41, 5.74) is 1.90. The lowest BCUT2D eigenvalue weighted by atomic mass is 9.95. The fourth-order valence-corrected chi connectivity index (χ4v) is 3.94.